The van der Waals surface area contributed by atoms with Crippen LogP contribution in [-0.2, 0) is 9.68 Å². The Morgan fingerprint density at radius 1 is 0.529 bits per heavy atom. The van der Waals surface area contributed by atoms with Gasteiger partial charge in [0, 0.05) is 12.1 Å². The molecule has 34 heavy (non-hydrogen) atoms. The topological polar surface area (TPSA) is 94.6 Å². The summed E-state index contributed by atoms with van der Waals surface area (Å²) in [5.74, 6) is 4.59. The molecular formula is C28H52N4O2. The van der Waals surface area contributed by atoms with Crippen molar-refractivity contribution in [3.05, 3.63) is 0 Å². The smallest absolute Gasteiger partial charge is 0.0834 e. The van der Waals surface area contributed by atoms with Gasteiger partial charge < -0.3 is 11.5 Å². The Kier molecular flexibility index (Phi) is 9.22. The second-order valence-corrected chi connectivity index (χ2v) is 12.7. The molecule has 6 nitrogen and oxygen atoms in total. The SMILES string of the molecule is NCCC1CCCC(C2CC(C3CCCC(C4CC(C5CCCC(CCN)C5)ON4)C3)NO2)C1. The van der Waals surface area contributed by atoms with Crippen molar-refractivity contribution in [1.29, 1.82) is 0 Å². The van der Waals surface area contributed by atoms with E-state index in [0.29, 0.717) is 24.3 Å². The van der Waals surface area contributed by atoms with Gasteiger partial charge in [-0.2, -0.15) is 11.0 Å². The predicted octanol–water partition coefficient (Wildman–Crippen LogP) is 4.43. The minimum absolute atomic E-state index is 0.413. The number of hydrogen-bond donors (Lipinski definition) is 4. The lowest BCUT2D eigenvalue weighted by molar-refractivity contribution is -0.0288. The molecule has 6 N–H and O–H groups in total. The van der Waals surface area contributed by atoms with Crippen LogP contribution >= 0.6 is 0 Å². The van der Waals surface area contributed by atoms with Gasteiger partial charge in [0.25, 0.3) is 0 Å². The Morgan fingerprint density at radius 3 is 1.44 bits per heavy atom. The van der Waals surface area contributed by atoms with Crippen LogP contribution in [0.4, 0.5) is 0 Å². The van der Waals surface area contributed by atoms with Crippen molar-refractivity contribution in [2.45, 2.75) is 127 Å². The van der Waals surface area contributed by atoms with Gasteiger partial charge in [-0.3, -0.25) is 9.68 Å². The minimum Gasteiger partial charge on any atom is -0.330 e. The first-order chi connectivity index (χ1) is 16.7. The van der Waals surface area contributed by atoms with E-state index < -0.39 is 0 Å². The van der Waals surface area contributed by atoms with Crippen LogP contribution < -0.4 is 22.4 Å². The van der Waals surface area contributed by atoms with Crippen LogP contribution in [-0.4, -0.2) is 37.4 Å². The Balaban J connectivity index is 1.09. The van der Waals surface area contributed by atoms with E-state index in [9.17, 15) is 0 Å². The van der Waals surface area contributed by atoms with Crippen molar-refractivity contribution in [3.63, 3.8) is 0 Å². The van der Waals surface area contributed by atoms with Gasteiger partial charge in [-0.25, -0.2) is 0 Å². The number of nitrogens with two attached hydrogens (primary N) is 2. The highest BCUT2D eigenvalue weighted by atomic mass is 16.7. The van der Waals surface area contributed by atoms with E-state index in [0.717, 1.165) is 48.6 Å². The van der Waals surface area contributed by atoms with Crippen molar-refractivity contribution in [2.24, 2.45) is 47.0 Å². The maximum atomic E-state index is 6.24. The highest BCUT2D eigenvalue weighted by Gasteiger charge is 2.43. The molecule has 2 heterocycles. The molecule has 0 amide bonds. The summed E-state index contributed by atoms with van der Waals surface area (Å²) >= 11 is 0. The molecule has 5 rings (SSSR count). The van der Waals surface area contributed by atoms with E-state index in [1.807, 2.05) is 0 Å². The molecule has 0 aromatic carbocycles. The minimum atomic E-state index is 0.413. The monoisotopic (exact) mass is 476 g/mol. The third kappa shape index (κ3) is 6.18. The molecule has 0 aromatic rings. The van der Waals surface area contributed by atoms with Gasteiger partial charge in [-0.05, 0) is 119 Å². The second-order valence-electron chi connectivity index (χ2n) is 12.7. The van der Waals surface area contributed by atoms with E-state index in [2.05, 4.69) is 11.0 Å². The summed E-state index contributed by atoms with van der Waals surface area (Å²) in [5, 5.41) is 0. The number of hydrogen-bond acceptors (Lipinski definition) is 6. The molecule has 3 saturated carbocycles. The average molecular weight is 477 g/mol. The Labute approximate surface area is 207 Å². The lowest BCUT2D eigenvalue weighted by Crippen LogP contribution is -2.39. The predicted molar refractivity (Wildman–Crippen MR) is 137 cm³/mol. The van der Waals surface area contributed by atoms with Gasteiger partial charge in [0.2, 0.25) is 0 Å². The largest absolute Gasteiger partial charge is 0.330 e. The van der Waals surface area contributed by atoms with Gasteiger partial charge in [0.1, 0.15) is 0 Å². The van der Waals surface area contributed by atoms with Crippen LogP contribution in [0, 0.1) is 35.5 Å². The molecule has 2 saturated heterocycles. The molecule has 3 aliphatic carbocycles. The van der Waals surface area contributed by atoms with Gasteiger partial charge in [0.05, 0.1) is 12.2 Å². The zero-order valence-corrected chi connectivity index (χ0v) is 21.5. The molecule has 5 aliphatic rings. The molecule has 2 aliphatic heterocycles. The lowest BCUT2D eigenvalue weighted by atomic mass is 9.71. The average Bonchev–Trinajstić information content (AvgIpc) is 3.56. The van der Waals surface area contributed by atoms with E-state index in [-0.39, 0.29) is 0 Å². The quantitative estimate of drug-likeness (QED) is 0.414. The van der Waals surface area contributed by atoms with E-state index in [1.165, 1.54) is 103 Å². The standard InChI is InChI=1S/C28H52N4O2/c29-12-10-19-4-1-8-23(14-19)27-17-25(31-33-27)21-6-3-7-22(16-21)26-18-28(34-32-26)24-9-2-5-20(15-24)11-13-30/h19-28,31-32H,1-18,29-30H2. The summed E-state index contributed by atoms with van der Waals surface area (Å²) in [7, 11) is 0. The third-order valence-corrected chi connectivity index (χ3v) is 10.5. The molecule has 6 heteroatoms. The third-order valence-electron chi connectivity index (χ3n) is 10.5. The highest BCUT2D eigenvalue weighted by molar-refractivity contribution is 4.94. The Morgan fingerprint density at radius 2 is 0.971 bits per heavy atom. The molecular weight excluding hydrogens is 424 g/mol. The van der Waals surface area contributed by atoms with E-state index in [1.54, 1.807) is 0 Å². The normalized spacial score (nSPS) is 46.1. The van der Waals surface area contributed by atoms with Crippen LogP contribution in [0.2, 0.25) is 0 Å². The molecule has 0 radical (unpaired) electrons. The van der Waals surface area contributed by atoms with E-state index in [4.69, 9.17) is 21.1 Å². The molecule has 0 aromatic heterocycles. The van der Waals surface area contributed by atoms with Crippen molar-refractivity contribution < 1.29 is 9.68 Å². The van der Waals surface area contributed by atoms with E-state index >= 15 is 0 Å². The van der Waals surface area contributed by atoms with Crippen LogP contribution in [0.25, 0.3) is 0 Å². The summed E-state index contributed by atoms with van der Waals surface area (Å²) in [5.41, 5.74) is 18.7. The summed E-state index contributed by atoms with van der Waals surface area (Å²) in [6.07, 6.45) is 21.8. The van der Waals surface area contributed by atoms with Crippen LogP contribution in [0.15, 0.2) is 0 Å². The first-order valence-electron chi connectivity index (χ1n) is 15.0. The molecule has 0 spiro atoms. The maximum Gasteiger partial charge on any atom is 0.0834 e. The molecule has 10 unspecified atom stereocenters. The first kappa shape index (κ1) is 25.4. The first-order valence-corrected chi connectivity index (χ1v) is 15.0. The van der Waals surface area contributed by atoms with Crippen LogP contribution in [0.3, 0.4) is 0 Å². The lowest BCUT2D eigenvalue weighted by Gasteiger charge is -2.35. The summed E-state index contributed by atoms with van der Waals surface area (Å²) in [4.78, 5) is 12.5. The summed E-state index contributed by atoms with van der Waals surface area (Å²) in [6, 6.07) is 1.08. The molecule has 5 fully saturated rings. The fourth-order valence-electron chi connectivity index (χ4n) is 8.53. The van der Waals surface area contributed by atoms with Crippen molar-refractivity contribution in [3.8, 4) is 0 Å². The van der Waals surface area contributed by atoms with Crippen LogP contribution in [0.5, 0.6) is 0 Å². The van der Waals surface area contributed by atoms with Gasteiger partial charge >= 0.3 is 0 Å². The fraction of sp³-hybridized carbons (Fsp3) is 1.00. The molecule has 196 valence electrons. The zero-order chi connectivity index (χ0) is 23.3. The van der Waals surface area contributed by atoms with Crippen LogP contribution in [0.1, 0.15) is 103 Å². The van der Waals surface area contributed by atoms with Gasteiger partial charge in [0.15, 0.2) is 0 Å². The number of nitrogens with one attached hydrogen (secondary N) is 2. The summed E-state index contributed by atoms with van der Waals surface area (Å²) < 4.78 is 0. The van der Waals surface area contributed by atoms with Gasteiger partial charge in [-0.15, -0.1) is 0 Å². The van der Waals surface area contributed by atoms with Crippen molar-refractivity contribution in [1.82, 2.24) is 11.0 Å². The van der Waals surface area contributed by atoms with Crippen molar-refractivity contribution >= 4 is 0 Å². The number of hydroxylamine groups is 2. The van der Waals surface area contributed by atoms with Crippen molar-refractivity contribution in [2.75, 3.05) is 13.1 Å². The van der Waals surface area contributed by atoms with Gasteiger partial charge in [-0.1, -0.05) is 32.1 Å². The fourth-order valence-corrected chi connectivity index (χ4v) is 8.53. The maximum absolute atomic E-state index is 6.24. The Bertz CT molecular complexity index is 567. The summed E-state index contributed by atoms with van der Waals surface area (Å²) in [6.45, 7) is 1.67. The zero-order valence-electron chi connectivity index (χ0n) is 21.5. The molecule has 0 bridgehead atoms. The second kappa shape index (κ2) is 12.3. The molecule has 10 atom stereocenters. The Hall–Kier alpha value is -0.240. The number of rotatable bonds is 8. The highest BCUT2D eigenvalue weighted by Crippen LogP contribution is 2.43.